The number of para-hydroxylation sites is 3. The molecule has 150 valence electrons. The lowest BCUT2D eigenvalue weighted by molar-refractivity contribution is -0.659. The molecule has 6 rings (SSSR count). The zero-order valence-electron chi connectivity index (χ0n) is 17.8. The third kappa shape index (κ3) is 2.61. The predicted molar refractivity (Wildman–Crippen MR) is 125 cm³/mol. The Morgan fingerprint density at radius 3 is 2.48 bits per heavy atom. The van der Waals surface area contributed by atoms with E-state index in [2.05, 4.69) is 90.9 Å². The lowest BCUT2D eigenvalue weighted by Crippen LogP contribution is -2.30. The minimum absolute atomic E-state index is 0.900. The number of imidazole rings is 1. The Labute approximate surface area is 180 Å². The van der Waals surface area contributed by atoms with Gasteiger partial charge in [0.25, 0.3) is 0 Å². The van der Waals surface area contributed by atoms with Crippen molar-refractivity contribution in [3.05, 3.63) is 84.6 Å². The molecule has 0 aliphatic carbocycles. The maximum absolute atomic E-state index is 6.06. The van der Waals surface area contributed by atoms with Crippen molar-refractivity contribution in [3.8, 4) is 22.6 Å². The van der Waals surface area contributed by atoms with Gasteiger partial charge in [-0.15, -0.1) is 0 Å². The molecule has 0 aliphatic heterocycles. The van der Waals surface area contributed by atoms with E-state index >= 15 is 0 Å². The van der Waals surface area contributed by atoms with Crippen molar-refractivity contribution in [2.45, 2.75) is 6.92 Å². The average molecular weight is 404 g/mol. The van der Waals surface area contributed by atoms with E-state index in [1.807, 2.05) is 18.2 Å². The molecule has 0 radical (unpaired) electrons. The van der Waals surface area contributed by atoms with Crippen LogP contribution in [0.3, 0.4) is 0 Å². The van der Waals surface area contributed by atoms with Crippen molar-refractivity contribution >= 4 is 33.0 Å². The van der Waals surface area contributed by atoms with Gasteiger partial charge in [0.05, 0.1) is 11.0 Å². The van der Waals surface area contributed by atoms with Gasteiger partial charge in [-0.3, -0.25) is 0 Å². The third-order valence-electron chi connectivity index (χ3n) is 6.27. The number of fused-ring (bicyclic) bond motifs is 4. The molecule has 4 nitrogen and oxygen atoms in total. The van der Waals surface area contributed by atoms with Crippen LogP contribution in [0.5, 0.6) is 0 Å². The molecular weight excluding hydrogens is 382 g/mol. The summed E-state index contributed by atoms with van der Waals surface area (Å²) in [5.41, 5.74) is 8.67. The van der Waals surface area contributed by atoms with Crippen molar-refractivity contribution in [1.82, 2.24) is 9.55 Å². The summed E-state index contributed by atoms with van der Waals surface area (Å²) in [5, 5.41) is 2.28. The Kier molecular flexibility index (Phi) is 3.78. The second-order valence-electron chi connectivity index (χ2n) is 8.11. The van der Waals surface area contributed by atoms with Gasteiger partial charge in [0.1, 0.15) is 18.5 Å². The van der Waals surface area contributed by atoms with E-state index in [0.29, 0.717) is 0 Å². The second kappa shape index (κ2) is 6.54. The van der Waals surface area contributed by atoms with Crippen molar-refractivity contribution in [1.29, 1.82) is 0 Å². The summed E-state index contributed by atoms with van der Waals surface area (Å²) in [7, 11) is 4.16. The van der Waals surface area contributed by atoms with Crippen LogP contribution >= 0.6 is 0 Å². The number of rotatable bonds is 2. The number of aromatic nitrogens is 3. The van der Waals surface area contributed by atoms with Gasteiger partial charge in [-0.25, -0.2) is 4.98 Å². The zero-order valence-corrected chi connectivity index (χ0v) is 17.8. The largest absolute Gasteiger partial charge is 0.450 e. The van der Waals surface area contributed by atoms with Gasteiger partial charge in [0, 0.05) is 35.0 Å². The maximum Gasteiger partial charge on any atom is 0.213 e. The monoisotopic (exact) mass is 404 g/mol. The van der Waals surface area contributed by atoms with Crippen LogP contribution in [-0.4, -0.2) is 9.55 Å². The smallest absolute Gasteiger partial charge is 0.213 e. The topological polar surface area (TPSA) is 34.8 Å². The Morgan fingerprint density at radius 2 is 1.61 bits per heavy atom. The molecule has 0 amide bonds. The summed E-state index contributed by atoms with van der Waals surface area (Å²) >= 11 is 0. The van der Waals surface area contributed by atoms with Gasteiger partial charge in [-0.05, 0) is 36.8 Å². The van der Waals surface area contributed by atoms with Gasteiger partial charge >= 0.3 is 0 Å². The van der Waals surface area contributed by atoms with E-state index in [4.69, 9.17) is 9.40 Å². The normalized spacial score (nSPS) is 11.7. The van der Waals surface area contributed by atoms with Crippen molar-refractivity contribution < 1.29 is 8.98 Å². The first-order valence-electron chi connectivity index (χ1n) is 10.4. The molecule has 4 heteroatoms. The Morgan fingerprint density at radius 1 is 0.839 bits per heavy atom. The summed E-state index contributed by atoms with van der Waals surface area (Å²) in [6, 6.07) is 25.2. The SMILES string of the molecule is Cc1c(-c2nc3ccccc3n2C)cccc1-c1cc2c(c[n+]1C)oc1ccccc12. The highest BCUT2D eigenvalue weighted by atomic mass is 16.3. The number of nitrogens with zero attached hydrogens (tertiary/aromatic N) is 3. The van der Waals surface area contributed by atoms with Crippen molar-refractivity contribution in [3.63, 3.8) is 0 Å². The van der Waals surface area contributed by atoms with Gasteiger partial charge < -0.3 is 8.98 Å². The molecule has 0 saturated heterocycles. The zero-order chi connectivity index (χ0) is 21.1. The van der Waals surface area contributed by atoms with Crippen LogP contribution < -0.4 is 4.57 Å². The molecule has 0 N–H and O–H groups in total. The second-order valence-corrected chi connectivity index (χ2v) is 8.11. The molecule has 0 aliphatic rings. The molecule has 0 spiro atoms. The van der Waals surface area contributed by atoms with E-state index in [1.54, 1.807) is 0 Å². The number of pyridine rings is 1. The quantitative estimate of drug-likeness (QED) is 0.335. The fourth-order valence-corrected chi connectivity index (χ4v) is 4.62. The lowest BCUT2D eigenvalue weighted by atomic mass is 9.98. The van der Waals surface area contributed by atoms with Crippen LogP contribution in [0.15, 0.2) is 83.4 Å². The molecule has 3 aromatic carbocycles. The van der Waals surface area contributed by atoms with Crippen LogP contribution in [0.2, 0.25) is 0 Å². The molecule has 0 atom stereocenters. The van der Waals surface area contributed by atoms with Crippen LogP contribution in [0.4, 0.5) is 0 Å². The summed E-state index contributed by atoms with van der Waals surface area (Å²) < 4.78 is 10.4. The molecule has 3 heterocycles. The first-order chi connectivity index (χ1) is 15.1. The third-order valence-corrected chi connectivity index (χ3v) is 6.27. The lowest BCUT2D eigenvalue weighted by Gasteiger charge is -2.10. The number of aryl methyl sites for hydroxylation is 2. The highest BCUT2D eigenvalue weighted by Crippen LogP contribution is 2.34. The predicted octanol–water partition coefficient (Wildman–Crippen LogP) is 5.94. The highest BCUT2D eigenvalue weighted by Gasteiger charge is 2.21. The molecule has 0 bridgehead atoms. The summed E-state index contributed by atoms with van der Waals surface area (Å²) in [5.74, 6) is 0.984. The van der Waals surface area contributed by atoms with E-state index in [1.165, 1.54) is 11.1 Å². The van der Waals surface area contributed by atoms with Crippen molar-refractivity contribution in [2.75, 3.05) is 0 Å². The van der Waals surface area contributed by atoms with E-state index in [9.17, 15) is 0 Å². The number of hydrogen-bond acceptors (Lipinski definition) is 2. The minimum Gasteiger partial charge on any atom is -0.450 e. The Hall–Kier alpha value is -3.92. The molecule has 3 aromatic heterocycles. The molecule has 0 saturated carbocycles. The number of hydrogen-bond donors (Lipinski definition) is 0. The van der Waals surface area contributed by atoms with Gasteiger partial charge in [0.2, 0.25) is 11.9 Å². The summed E-state index contributed by atoms with van der Waals surface area (Å²) in [6.45, 7) is 2.18. The van der Waals surface area contributed by atoms with E-state index < -0.39 is 0 Å². The first-order valence-corrected chi connectivity index (χ1v) is 10.4. The average Bonchev–Trinajstić information content (AvgIpc) is 3.31. The first kappa shape index (κ1) is 17.9. The number of furan rings is 1. The fourth-order valence-electron chi connectivity index (χ4n) is 4.62. The van der Waals surface area contributed by atoms with Crippen LogP contribution in [0, 0.1) is 6.92 Å². The molecule has 0 unspecified atom stereocenters. The minimum atomic E-state index is 0.900. The summed E-state index contributed by atoms with van der Waals surface area (Å²) in [4.78, 5) is 4.92. The summed E-state index contributed by atoms with van der Waals surface area (Å²) in [6.07, 6.45) is 2.08. The fraction of sp³-hybridized carbons (Fsp3) is 0.111. The van der Waals surface area contributed by atoms with Crippen LogP contribution in [0.1, 0.15) is 5.56 Å². The van der Waals surface area contributed by atoms with E-state index in [-0.39, 0.29) is 0 Å². The van der Waals surface area contributed by atoms with Crippen molar-refractivity contribution in [2.24, 2.45) is 14.1 Å². The number of benzene rings is 3. The Bertz CT molecular complexity index is 1620. The van der Waals surface area contributed by atoms with Crippen LogP contribution in [-0.2, 0) is 14.1 Å². The highest BCUT2D eigenvalue weighted by molar-refractivity contribution is 6.05. The molecule has 6 aromatic rings. The molecule has 31 heavy (non-hydrogen) atoms. The van der Waals surface area contributed by atoms with Gasteiger partial charge in [0.15, 0.2) is 5.58 Å². The standard InChI is InChI=1S/C27H22N3O/c1-17-18(10-8-11-19(17)27-28-22-12-5-6-13-23(22)30(27)3)24-15-21-20-9-4-7-14-25(20)31-26(21)16-29(24)2/h4-16H,1-3H3/q+1. The maximum atomic E-state index is 6.06. The Balaban J connectivity index is 1.59. The molecular formula is C27H22N3O+. The van der Waals surface area contributed by atoms with Crippen LogP contribution in [0.25, 0.3) is 55.6 Å². The van der Waals surface area contributed by atoms with Gasteiger partial charge in [-0.2, -0.15) is 4.57 Å². The van der Waals surface area contributed by atoms with E-state index in [0.717, 1.165) is 50.1 Å². The molecule has 0 fully saturated rings. The van der Waals surface area contributed by atoms with Gasteiger partial charge in [-0.1, -0.05) is 42.5 Å².